The number of rotatable bonds is 4. The second-order valence-electron chi connectivity index (χ2n) is 4.76. The molecule has 1 rings (SSSR count). The summed E-state index contributed by atoms with van der Waals surface area (Å²) in [4.78, 5) is 37.5. The zero-order valence-electron chi connectivity index (χ0n) is 11.5. The number of amides is 1. The molecule has 0 aromatic heterocycles. The van der Waals surface area contributed by atoms with Gasteiger partial charge in [-0.05, 0) is 0 Å². The molecule has 0 radical (unpaired) electrons. The molecular weight excluding hydrogens is 306 g/mol. The van der Waals surface area contributed by atoms with Crippen LogP contribution in [0.2, 0.25) is 0 Å². The Kier molecular flexibility index (Phi) is 5.93. The lowest BCUT2D eigenvalue weighted by Crippen LogP contribution is -2.65. The molecule has 1 amide bonds. The Morgan fingerprint density at radius 1 is 1.23 bits per heavy atom. The molecule has 5 atom stereocenters. The number of ether oxygens (including phenoxy) is 1. The maximum atomic E-state index is 11.6. The van der Waals surface area contributed by atoms with E-state index in [9.17, 15) is 34.8 Å². The summed E-state index contributed by atoms with van der Waals surface area (Å²) >= 11 is 0. The van der Waals surface area contributed by atoms with E-state index in [0.717, 1.165) is 6.92 Å². The Balaban J connectivity index is 2.78. The fraction of sp³-hybridized carbons (Fsp3) is 0.727. The standard InChI is InChI=1S/C11H17NO10/c1-4(14)12-22-10(19)5(15)2-11(20)9(18)8(17)7(16)6(3-13)21-11/h6-9,13,16-18,20H,2-3H2,1H3,(H,12,14)/t6-,7-,8+,9+,11-/m1/s1. The Labute approximate surface area is 124 Å². The van der Waals surface area contributed by atoms with Gasteiger partial charge in [-0.1, -0.05) is 0 Å². The first-order chi connectivity index (χ1) is 10.1. The summed E-state index contributed by atoms with van der Waals surface area (Å²) in [5.41, 5.74) is 1.60. The predicted octanol–water partition coefficient (Wildman–Crippen LogP) is -4.30. The van der Waals surface area contributed by atoms with Gasteiger partial charge in [0.05, 0.1) is 13.0 Å². The number of aliphatic hydroxyl groups is 5. The van der Waals surface area contributed by atoms with Gasteiger partial charge in [-0.25, -0.2) is 4.79 Å². The third-order valence-corrected chi connectivity index (χ3v) is 2.98. The maximum Gasteiger partial charge on any atom is 0.398 e. The van der Waals surface area contributed by atoms with Crippen LogP contribution in [0.3, 0.4) is 0 Å². The molecule has 11 heteroatoms. The molecule has 126 valence electrons. The predicted molar refractivity (Wildman–Crippen MR) is 64.5 cm³/mol. The number of hydroxylamine groups is 1. The van der Waals surface area contributed by atoms with Gasteiger partial charge in [0.25, 0.3) is 0 Å². The molecule has 0 unspecified atom stereocenters. The van der Waals surface area contributed by atoms with E-state index < -0.39 is 60.9 Å². The van der Waals surface area contributed by atoms with Crippen LogP contribution in [0.1, 0.15) is 13.3 Å². The first kappa shape index (κ1) is 18.4. The third kappa shape index (κ3) is 3.97. The number of nitrogens with one attached hydrogen (secondary N) is 1. The number of hydrogen-bond acceptors (Lipinski definition) is 10. The van der Waals surface area contributed by atoms with Gasteiger partial charge in [0.15, 0.2) is 0 Å². The second-order valence-corrected chi connectivity index (χ2v) is 4.76. The zero-order valence-corrected chi connectivity index (χ0v) is 11.5. The van der Waals surface area contributed by atoms with Crippen molar-refractivity contribution in [3.63, 3.8) is 0 Å². The molecule has 0 spiro atoms. The number of Topliss-reactive ketones (excluding diaryl/α,β-unsaturated/α-hetero) is 1. The Morgan fingerprint density at radius 3 is 2.32 bits per heavy atom. The van der Waals surface area contributed by atoms with Crippen LogP contribution in [0, 0.1) is 0 Å². The molecule has 0 aromatic rings. The summed E-state index contributed by atoms with van der Waals surface area (Å²) in [6.45, 7) is 0.195. The van der Waals surface area contributed by atoms with E-state index in [1.807, 2.05) is 0 Å². The molecule has 1 heterocycles. The molecule has 0 aliphatic carbocycles. The van der Waals surface area contributed by atoms with Gasteiger partial charge in [-0.15, -0.1) is 0 Å². The van der Waals surface area contributed by atoms with E-state index in [-0.39, 0.29) is 0 Å². The van der Waals surface area contributed by atoms with Crippen LogP contribution in [0.25, 0.3) is 0 Å². The fourth-order valence-corrected chi connectivity index (χ4v) is 1.84. The van der Waals surface area contributed by atoms with Gasteiger partial charge >= 0.3 is 5.97 Å². The van der Waals surface area contributed by atoms with Crippen molar-refractivity contribution in [1.29, 1.82) is 0 Å². The lowest BCUT2D eigenvalue weighted by molar-refractivity contribution is -0.347. The fourth-order valence-electron chi connectivity index (χ4n) is 1.84. The number of carbonyl (C=O) groups is 3. The van der Waals surface area contributed by atoms with Crippen molar-refractivity contribution in [2.45, 2.75) is 43.5 Å². The molecule has 0 bridgehead atoms. The molecule has 6 N–H and O–H groups in total. The number of carbonyl (C=O) groups excluding carboxylic acids is 3. The van der Waals surface area contributed by atoms with Gasteiger partial charge in [-0.3, -0.25) is 9.59 Å². The molecular formula is C11H17NO10. The maximum absolute atomic E-state index is 11.6. The highest BCUT2D eigenvalue weighted by Gasteiger charge is 2.54. The van der Waals surface area contributed by atoms with Crippen LogP contribution in [-0.4, -0.2) is 80.0 Å². The molecule has 0 saturated carbocycles. The summed E-state index contributed by atoms with van der Waals surface area (Å²) in [6, 6.07) is 0. The first-order valence-corrected chi connectivity index (χ1v) is 6.18. The molecule has 1 aliphatic heterocycles. The molecule has 0 aromatic carbocycles. The van der Waals surface area contributed by atoms with E-state index in [4.69, 9.17) is 9.84 Å². The van der Waals surface area contributed by atoms with E-state index >= 15 is 0 Å². The van der Waals surface area contributed by atoms with Gasteiger partial charge in [0.2, 0.25) is 17.5 Å². The van der Waals surface area contributed by atoms with E-state index in [0.29, 0.717) is 0 Å². The van der Waals surface area contributed by atoms with Crippen LogP contribution in [0.15, 0.2) is 0 Å². The van der Waals surface area contributed by atoms with Crippen molar-refractivity contribution >= 4 is 17.7 Å². The second kappa shape index (κ2) is 7.09. The van der Waals surface area contributed by atoms with Crippen LogP contribution < -0.4 is 5.48 Å². The average Bonchev–Trinajstić information content (AvgIpc) is 2.46. The first-order valence-electron chi connectivity index (χ1n) is 6.18. The lowest BCUT2D eigenvalue weighted by Gasteiger charge is -2.44. The smallest absolute Gasteiger partial charge is 0.394 e. The SMILES string of the molecule is CC(=O)NOC(=O)C(=O)C[C@@]1(O)O[C@H](CO)[C@@H](O)[C@H](O)[C@@H]1O. The highest BCUT2D eigenvalue weighted by atomic mass is 16.7. The highest BCUT2D eigenvalue weighted by molar-refractivity contribution is 6.33. The summed E-state index contributed by atoms with van der Waals surface area (Å²) in [5.74, 6) is -6.40. The summed E-state index contributed by atoms with van der Waals surface area (Å²) in [5, 5.41) is 47.8. The third-order valence-electron chi connectivity index (χ3n) is 2.98. The van der Waals surface area contributed by atoms with Crippen LogP contribution in [-0.2, 0) is 24.0 Å². The van der Waals surface area contributed by atoms with E-state index in [1.165, 1.54) is 0 Å². The van der Waals surface area contributed by atoms with Gasteiger partial charge in [0, 0.05) is 6.92 Å². The highest BCUT2D eigenvalue weighted by Crippen LogP contribution is 2.30. The Morgan fingerprint density at radius 2 is 1.82 bits per heavy atom. The van der Waals surface area contributed by atoms with E-state index in [1.54, 1.807) is 5.48 Å². The summed E-state index contributed by atoms with van der Waals surface area (Å²) < 4.78 is 4.79. The average molecular weight is 323 g/mol. The molecule has 1 saturated heterocycles. The van der Waals surface area contributed by atoms with Gasteiger partial charge in [-0.2, -0.15) is 5.48 Å². The van der Waals surface area contributed by atoms with Crippen molar-refractivity contribution in [3.05, 3.63) is 0 Å². The van der Waals surface area contributed by atoms with Crippen LogP contribution in [0.5, 0.6) is 0 Å². The summed E-state index contributed by atoms with van der Waals surface area (Å²) in [7, 11) is 0. The quantitative estimate of drug-likeness (QED) is 0.218. The number of hydrogen-bond donors (Lipinski definition) is 6. The Bertz CT molecular complexity index is 452. The van der Waals surface area contributed by atoms with Crippen LogP contribution in [0.4, 0.5) is 0 Å². The van der Waals surface area contributed by atoms with Crippen molar-refractivity contribution < 1.29 is 49.5 Å². The van der Waals surface area contributed by atoms with Crippen molar-refractivity contribution in [2.75, 3.05) is 6.61 Å². The minimum absolute atomic E-state index is 0.757. The Hall–Kier alpha value is -1.63. The van der Waals surface area contributed by atoms with E-state index in [2.05, 4.69) is 4.84 Å². The van der Waals surface area contributed by atoms with Gasteiger partial charge in [0.1, 0.15) is 24.4 Å². The molecule has 1 aliphatic rings. The summed E-state index contributed by atoms with van der Waals surface area (Å²) in [6.07, 6.45) is -8.37. The van der Waals surface area contributed by atoms with Crippen molar-refractivity contribution in [1.82, 2.24) is 5.48 Å². The lowest BCUT2D eigenvalue weighted by atomic mass is 9.89. The van der Waals surface area contributed by atoms with Crippen molar-refractivity contribution in [2.24, 2.45) is 0 Å². The molecule has 11 nitrogen and oxygen atoms in total. The molecule has 22 heavy (non-hydrogen) atoms. The zero-order chi connectivity index (χ0) is 17.1. The number of aliphatic hydroxyl groups excluding tert-OH is 4. The molecule has 1 fully saturated rings. The minimum atomic E-state index is -2.72. The van der Waals surface area contributed by atoms with Gasteiger partial charge < -0.3 is 35.1 Å². The topological polar surface area (TPSA) is 183 Å². The normalized spacial score (nSPS) is 34.8. The van der Waals surface area contributed by atoms with Crippen LogP contribution >= 0.6 is 0 Å². The van der Waals surface area contributed by atoms with Crippen molar-refractivity contribution in [3.8, 4) is 0 Å². The monoisotopic (exact) mass is 323 g/mol. The largest absolute Gasteiger partial charge is 0.398 e. The minimum Gasteiger partial charge on any atom is -0.394 e. The number of ketones is 1.